The lowest BCUT2D eigenvalue weighted by atomic mass is 9.47. The van der Waals surface area contributed by atoms with Crippen LogP contribution in [0.15, 0.2) is 53.4 Å². The molecule has 0 amide bonds. The van der Waals surface area contributed by atoms with Crippen molar-refractivity contribution in [2.45, 2.75) is 55.4 Å². The third-order valence-electron chi connectivity index (χ3n) is 7.42. The number of benzene rings is 2. The lowest BCUT2D eigenvalue weighted by Gasteiger charge is -2.59. The van der Waals surface area contributed by atoms with Crippen LogP contribution in [-0.2, 0) is 19.7 Å². The Labute approximate surface area is 176 Å². The van der Waals surface area contributed by atoms with Gasteiger partial charge in [-0.15, -0.1) is 0 Å². The van der Waals surface area contributed by atoms with Crippen LogP contribution in [0, 0.1) is 34.8 Å². The minimum Gasteiger partial charge on any atom is -0.262 e. The summed E-state index contributed by atoms with van der Waals surface area (Å²) in [6.45, 7) is 1.92. The van der Waals surface area contributed by atoms with E-state index in [4.69, 9.17) is 4.18 Å². The van der Waals surface area contributed by atoms with Crippen molar-refractivity contribution in [2.75, 3.05) is 0 Å². The van der Waals surface area contributed by atoms with Gasteiger partial charge in [0.25, 0.3) is 15.8 Å². The molecule has 30 heavy (non-hydrogen) atoms. The fraction of sp³-hybridized carbons (Fsp3) is 0.478. The van der Waals surface area contributed by atoms with Gasteiger partial charge in [0.15, 0.2) is 0 Å². The molecule has 6 rings (SSSR count). The Balaban J connectivity index is 1.40. The van der Waals surface area contributed by atoms with Gasteiger partial charge in [-0.25, -0.2) is 0 Å². The first-order valence-electron chi connectivity index (χ1n) is 10.5. The van der Waals surface area contributed by atoms with Gasteiger partial charge in [0.05, 0.1) is 15.9 Å². The molecule has 2 aromatic rings. The summed E-state index contributed by atoms with van der Waals surface area (Å²) in [6, 6.07) is 13.8. The van der Waals surface area contributed by atoms with Crippen LogP contribution in [-0.4, -0.2) is 19.4 Å². The first-order valence-corrected chi connectivity index (χ1v) is 11.9. The molecule has 0 spiro atoms. The minimum atomic E-state index is -3.80. The first-order chi connectivity index (χ1) is 14.3. The third kappa shape index (κ3) is 3.24. The van der Waals surface area contributed by atoms with Gasteiger partial charge in [0, 0.05) is 12.1 Å². The average molecular weight is 428 g/mol. The summed E-state index contributed by atoms with van der Waals surface area (Å²) in [4.78, 5) is 10.8. The van der Waals surface area contributed by atoms with Gasteiger partial charge >= 0.3 is 0 Å². The Morgan fingerprint density at radius 3 is 2.13 bits per heavy atom. The van der Waals surface area contributed by atoms with E-state index in [1.165, 1.54) is 0 Å². The summed E-state index contributed by atoms with van der Waals surface area (Å²) >= 11 is 0. The topological polar surface area (TPSA) is 86.5 Å². The highest BCUT2D eigenvalue weighted by molar-refractivity contribution is 7.86. The highest BCUT2D eigenvalue weighted by Gasteiger charge is 2.57. The lowest BCUT2D eigenvalue weighted by Crippen LogP contribution is -2.56. The molecule has 5 atom stereocenters. The number of aryl methyl sites for hydroxylation is 1. The summed E-state index contributed by atoms with van der Waals surface area (Å²) in [5.74, 6) is 0.970. The molecular formula is C23H25NO5S. The van der Waals surface area contributed by atoms with Crippen molar-refractivity contribution in [3.8, 4) is 0 Å². The summed E-state index contributed by atoms with van der Waals surface area (Å²) in [5.41, 5.74) is 2.24. The van der Waals surface area contributed by atoms with Crippen LogP contribution >= 0.6 is 0 Å². The molecule has 4 fully saturated rings. The van der Waals surface area contributed by atoms with Crippen LogP contribution in [0.5, 0.6) is 0 Å². The van der Waals surface area contributed by atoms with Crippen LogP contribution in [0.2, 0.25) is 0 Å². The number of hydrogen-bond acceptors (Lipinski definition) is 5. The molecular weight excluding hydrogens is 402 g/mol. The number of rotatable bonds is 5. The van der Waals surface area contributed by atoms with Gasteiger partial charge in [0.2, 0.25) is 0 Å². The Morgan fingerprint density at radius 2 is 1.57 bits per heavy atom. The van der Waals surface area contributed by atoms with Crippen LogP contribution in [0.25, 0.3) is 0 Å². The normalized spacial score (nSPS) is 32.3. The van der Waals surface area contributed by atoms with Crippen molar-refractivity contribution < 1.29 is 17.5 Å². The quantitative estimate of drug-likeness (QED) is 0.390. The van der Waals surface area contributed by atoms with E-state index in [0.29, 0.717) is 5.92 Å². The van der Waals surface area contributed by atoms with Crippen LogP contribution < -0.4 is 0 Å². The zero-order valence-corrected chi connectivity index (χ0v) is 17.7. The van der Waals surface area contributed by atoms with Gasteiger partial charge in [-0.1, -0.05) is 29.8 Å². The number of non-ortho nitro benzene ring substituents is 1. The summed E-state index contributed by atoms with van der Waals surface area (Å²) in [7, 11) is -3.80. The van der Waals surface area contributed by atoms with Gasteiger partial charge in [-0.05, 0) is 79.9 Å². The molecule has 158 valence electrons. The van der Waals surface area contributed by atoms with Gasteiger partial charge in [-0.3, -0.25) is 14.3 Å². The van der Waals surface area contributed by atoms with E-state index < -0.39 is 10.1 Å². The predicted octanol–water partition coefficient (Wildman–Crippen LogP) is 4.76. The highest BCUT2D eigenvalue weighted by Crippen LogP contribution is 2.61. The smallest absolute Gasteiger partial charge is 0.262 e. The highest BCUT2D eigenvalue weighted by atomic mass is 32.2. The van der Waals surface area contributed by atoms with Crippen LogP contribution in [0.3, 0.4) is 0 Å². The fourth-order valence-corrected chi connectivity index (χ4v) is 7.52. The van der Waals surface area contributed by atoms with Crippen molar-refractivity contribution in [2.24, 2.45) is 17.8 Å². The molecule has 3 unspecified atom stereocenters. The predicted molar refractivity (Wildman–Crippen MR) is 112 cm³/mol. The summed E-state index contributed by atoms with van der Waals surface area (Å²) < 4.78 is 31.7. The second-order valence-corrected chi connectivity index (χ2v) is 11.0. The SMILES string of the molecule is Cc1ccc(S(=O)(=O)OC2[C@@H]3CC4C[C@H]2CC(c2ccc([N+](=O)[O-])cc2)(C4)C3)cc1. The second-order valence-electron chi connectivity index (χ2n) is 9.38. The molecule has 0 aliphatic heterocycles. The van der Waals surface area contributed by atoms with E-state index in [9.17, 15) is 18.5 Å². The molecule has 7 heteroatoms. The molecule has 0 radical (unpaired) electrons. The molecule has 0 N–H and O–H groups in total. The zero-order chi connectivity index (χ0) is 21.1. The molecule has 4 aliphatic carbocycles. The maximum atomic E-state index is 12.9. The Kier molecular flexibility index (Phi) is 4.52. The monoisotopic (exact) mass is 427 g/mol. The summed E-state index contributed by atoms with van der Waals surface area (Å²) in [6.07, 6.45) is 4.56. The lowest BCUT2D eigenvalue weighted by molar-refractivity contribution is -0.384. The van der Waals surface area contributed by atoms with E-state index in [2.05, 4.69) is 0 Å². The molecule has 2 aromatic carbocycles. The second kappa shape index (κ2) is 6.89. The Hall–Kier alpha value is -2.25. The molecule has 4 bridgehead atoms. The number of nitro benzene ring substituents is 1. The van der Waals surface area contributed by atoms with E-state index >= 15 is 0 Å². The van der Waals surface area contributed by atoms with Crippen molar-refractivity contribution in [1.82, 2.24) is 0 Å². The summed E-state index contributed by atoms with van der Waals surface area (Å²) in [5, 5.41) is 11.0. The molecule has 4 aliphatic rings. The third-order valence-corrected chi connectivity index (χ3v) is 8.75. The molecule has 0 heterocycles. The number of nitrogens with zero attached hydrogens (tertiary/aromatic N) is 1. The van der Waals surface area contributed by atoms with Gasteiger partial charge < -0.3 is 0 Å². The number of hydrogen-bond donors (Lipinski definition) is 0. The van der Waals surface area contributed by atoms with Gasteiger partial charge in [-0.2, -0.15) is 8.42 Å². The average Bonchev–Trinajstić information content (AvgIpc) is 2.70. The Bertz CT molecular complexity index is 1060. The molecule has 4 saturated carbocycles. The first kappa shape index (κ1) is 19.7. The van der Waals surface area contributed by atoms with Crippen molar-refractivity contribution in [1.29, 1.82) is 0 Å². The Morgan fingerprint density at radius 1 is 0.967 bits per heavy atom. The van der Waals surface area contributed by atoms with Crippen LogP contribution in [0.1, 0.15) is 43.2 Å². The standard InChI is InChI=1S/C23H25NO5S/c1-15-2-8-21(9-3-15)30(27,28)29-22-17-10-16-11-18(22)14-23(12-16,13-17)19-4-6-20(7-5-19)24(25)26/h2-9,16-18,22H,10-14H2,1H3/t16?,17-,18+,22?,23?. The van der Waals surface area contributed by atoms with Crippen molar-refractivity contribution in [3.05, 3.63) is 69.8 Å². The van der Waals surface area contributed by atoms with E-state index in [1.54, 1.807) is 36.4 Å². The van der Waals surface area contributed by atoms with Crippen molar-refractivity contribution >= 4 is 15.8 Å². The fourth-order valence-electron chi connectivity index (χ4n) is 6.33. The number of nitro groups is 1. The maximum Gasteiger partial charge on any atom is 0.297 e. The van der Waals surface area contributed by atoms with Crippen LogP contribution in [0.4, 0.5) is 5.69 Å². The maximum absolute atomic E-state index is 12.9. The molecule has 6 nitrogen and oxygen atoms in total. The van der Waals surface area contributed by atoms with Gasteiger partial charge in [0.1, 0.15) is 0 Å². The molecule has 0 saturated heterocycles. The zero-order valence-electron chi connectivity index (χ0n) is 16.9. The van der Waals surface area contributed by atoms with E-state index in [-0.39, 0.29) is 38.9 Å². The minimum absolute atomic E-state index is 0.0148. The van der Waals surface area contributed by atoms with E-state index in [0.717, 1.165) is 43.2 Å². The molecule has 0 aromatic heterocycles. The van der Waals surface area contributed by atoms with E-state index in [1.807, 2.05) is 19.1 Å². The largest absolute Gasteiger partial charge is 0.297 e. The van der Waals surface area contributed by atoms with Crippen molar-refractivity contribution in [3.63, 3.8) is 0 Å².